The Balaban J connectivity index is 0.00000312. The number of nitrogens with zero attached hydrogens (tertiary/aromatic N) is 3. The smallest absolute Gasteiger partial charge is 0.217 e. The highest BCUT2D eigenvalue weighted by Gasteiger charge is 2.29. The van der Waals surface area contributed by atoms with E-state index in [4.69, 9.17) is 10.5 Å². The fourth-order valence-corrected chi connectivity index (χ4v) is 3.62. The first-order valence-electron chi connectivity index (χ1n) is 8.99. The van der Waals surface area contributed by atoms with Crippen LogP contribution in [0.4, 0.5) is 0 Å². The molecule has 3 N–H and O–H groups in total. The van der Waals surface area contributed by atoms with Gasteiger partial charge in [0.05, 0.1) is 13.2 Å². The third-order valence-electron chi connectivity index (χ3n) is 5.07. The molecule has 146 valence electrons. The summed E-state index contributed by atoms with van der Waals surface area (Å²) in [4.78, 5) is 20.4. The molecule has 0 spiro atoms. The zero-order valence-corrected chi connectivity index (χ0v) is 18.1. The summed E-state index contributed by atoms with van der Waals surface area (Å²) in [7, 11) is 1.82. The van der Waals surface area contributed by atoms with Crippen molar-refractivity contribution in [1.82, 2.24) is 15.1 Å². The predicted octanol–water partition coefficient (Wildman–Crippen LogP) is 0.878. The lowest BCUT2D eigenvalue weighted by Crippen LogP contribution is -2.57. The van der Waals surface area contributed by atoms with E-state index in [1.165, 1.54) is 0 Å². The summed E-state index contributed by atoms with van der Waals surface area (Å²) in [6.45, 7) is 10.7. The van der Waals surface area contributed by atoms with E-state index in [2.05, 4.69) is 34.0 Å². The van der Waals surface area contributed by atoms with Crippen molar-refractivity contribution in [2.24, 2.45) is 16.6 Å². The molecule has 7 nitrogen and oxygen atoms in total. The first kappa shape index (κ1) is 22.4. The molecular formula is C17H34IN5O2. The highest BCUT2D eigenvalue weighted by atomic mass is 127. The predicted molar refractivity (Wildman–Crippen MR) is 111 cm³/mol. The number of nitrogens with one attached hydrogen (secondary N) is 1. The van der Waals surface area contributed by atoms with Crippen molar-refractivity contribution >= 4 is 35.8 Å². The Bertz CT molecular complexity index is 452. The average molecular weight is 467 g/mol. The summed E-state index contributed by atoms with van der Waals surface area (Å²) in [6, 6.07) is 0. The molecule has 1 amide bonds. The van der Waals surface area contributed by atoms with Gasteiger partial charge in [-0.2, -0.15) is 0 Å². The summed E-state index contributed by atoms with van der Waals surface area (Å²) in [6.07, 6.45) is 2.61. The quantitative estimate of drug-likeness (QED) is 0.357. The number of aliphatic imine (C=N–C) groups is 1. The lowest BCUT2D eigenvalue weighted by atomic mass is 9.94. The molecular weight excluding hydrogens is 433 g/mol. The van der Waals surface area contributed by atoms with Gasteiger partial charge >= 0.3 is 0 Å². The number of carbonyl (C=O) groups is 1. The zero-order valence-electron chi connectivity index (χ0n) is 15.8. The Morgan fingerprint density at radius 2 is 2.00 bits per heavy atom. The minimum atomic E-state index is -0.210. The van der Waals surface area contributed by atoms with E-state index in [9.17, 15) is 4.79 Å². The van der Waals surface area contributed by atoms with Gasteiger partial charge in [0.2, 0.25) is 5.91 Å². The molecule has 8 heteroatoms. The molecule has 0 aromatic rings. The SMILES string of the molecule is CN=C(NCC(C)(C)N1CCOCC1)N1CCCC(CC(N)=O)C1.I. The van der Waals surface area contributed by atoms with Gasteiger partial charge in [-0.1, -0.05) is 0 Å². The second kappa shape index (κ2) is 10.5. The molecule has 0 radical (unpaired) electrons. The van der Waals surface area contributed by atoms with Gasteiger partial charge in [-0.25, -0.2) is 0 Å². The number of carbonyl (C=O) groups excluding carboxylic acids is 1. The van der Waals surface area contributed by atoms with Gasteiger partial charge in [0.25, 0.3) is 0 Å². The van der Waals surface area contributed by atoms with Crippen molar-refractivity contribution in [2.45, 2.75) is 38.6 Å². The molecule has 1 unspecified atom stereocenters. The molecule has 0 aromatic heterocycles. The van der Waals surface area contributed by atoms with Crippen molar-refractivity contribution in [2.75, 3.05) is 53.0 Å². The summed E-state index contributed by atoms with van der Waals surface area (Å²) in [5.74, 6) is 1.05. The van der Waals surface area contributed by atoms with E-state index in [0.717, 1.165) is 64.7 Å². The van der Waals surface area contributed by atoms with Gasteiger partial charge in [-0.05, 0) is 32.6 Å². The number of rotatable bonds is 5. The molecule has 1 atom stereocenters. The highest BCUT2D eigenvalue weighted by molar-refractivity contribution is 14.0. The summed E-state index contributed by atoms with van der Waals surface area (Å²) in [5.41, 5.74) is 5.40. The first-order valence-corrected chi connectivity index (χ1v) is 8.99. The van der Waals surface area contributed by atoms with E-state index >= 15 is 0 Å². The van der Waals surface area contributed by atoms with Crippen molar-refractivity contribution in [3.8, 4) is 0 Å². The molecule has 2 aliphatic rings. The Kier molecular flexibility index (Phi) is 9.44. The number of hydrogen-bond donors (Lipinski definition) is 2. The number of hydrogen-bond acceptors (Lipinski definition) is 4. The largest absolute Gasteiger partial charge is 0.379 e. The summed E-state index contributed by atoms with van der Waals surface area (Å²) >= 11 is 0. The first-order chi connectivity index (χ1) is 11.4. The number of primary amides is 1. The normalized spacial score (nSPS) is 23.1. The molecule has 0 bridgehead atoms. The summed E-state index contributed by atoms with van der Waals surface area (Å²) < 4.78 is 5.45. The maximum atomic E-state index is 11.2. The van der Waals surface area contributed by atoms with Crippen LogP contribution in [0.1, 0.15) is 33.1 Å². The third-order valence-corrected chi connectivity index (χ3v) is 5.07. The number of halogens is 1. The molecule has 0 aliphatic carbocycles. The Morgan fingerprint density at radius 3 is 2.60 bits per heavy atom. The number of ether oxygens (including phenoxy) is 1. The van der Waals surface area contributed by atoms with Gasteiger partial charge in [0.15, 0.2) is 5.96 Å². The fourth-order valence-electron chi connectivity index (χ4n) is 3.62. The lowest BCUT2D eigenvalue weighted by molar-refractivity contribution is -0.119. The van der Waals surface area contributed by atoms with Crippen molar-refractivity contribution in [3.05, 3.63) is 0 Å². The van der Waals surface area contributed by atoms with E-state index < -0.39 is 0 Å². The standard InChI is InChI=1S/C17H33N5O2.HI/c1-17(2,22-7-9-24-10-8-22)13-20-16(19-3)21-6-4-5-14(12-21)11-15(18)23;/h14H,4-13H2,1-3H3,(H2,18,23)(H,19,20);1H. The second-order valence-electron chi connectivity index (χ2n) is 7.44. The molecule has 0 saturated carbocycles. The molecule has 2 rings (SSSR count). The number of nitrogens with two attached hydrogens (primary N) is 1. The Morgan fingerprint density at radius 1 is 1.32 bits per heavy atom. The van der Waals surface area contributed by atoms with Gasteiger partial charge in [-0.15, -0.1) is 24.0 Å². The van der Waals surface area contributed by atoms with E-state index in [1.807, 2.05) is 7.05 Å². The Hall–Kier alpha value is -0.610. The van der Waals surface area contributed by atoms with Crippen LogP contribution in [-0.2, 0) is 9.53 Å². The molecule has 2 heterocycles. The van der Waals surface area contributed by atoms with Crippen molar-refractivity contribution < 1.29 is 9.53 Å². The van der Waals surface area contributed by atoms with Crippen LogP contribution < -0.4 is 11.1 Å². The monoisotopic (exact) mass is 467 g/mol. The highest BCUT2D eigenvalue weighted by Crippen LogP contribution is 2.20. The van der Waals surface area contributed by atoms with E-state index in [0.29, 0.717) is 12.3 Å². The molecule has 2 fully saturated rings. The zero-order chi connectivity index (χ0) is 17.6. The van der Waals surface area contributed by atoms with Crippen molar-refractivity contribution in [1.29, 1.82) is 0 Å². The molecule has 0 aromatic carbocycles. The van der Waals surface area contributed by atoms with Crippen LogP contribution in [-0.4, -0.2) is 80.2 Å². The van der Waals surface area contributed by atoms with Crippen molar-refractivity contribution in [3.63, 3.8) is 0 Å². The van der Waals surface area contributed by atoms with Crippen LogP contribution in [0.5, 0.6) is 0 Å². The third kappa shape index (κ3) is 6.90. The topological polar surface area (TPSA) is 83.2 Å². The van der Waals surface area contributed by atoms with Crippen LogP contribution in [0.25, 0.3) is 0 Å². The van der Waals surface area contributed by atoms with Crippen LogP contribution >= 0.6 is 24.0 Å². The lowest BCUT2D eigenvalue weighted by Gasteiger charge is -2.42. The van der Waals surface area contributed by atoms with Gasteiger partial charge in [-0.3, -0.25) is 14.7 Å². The van der Waals surface area contributed by atoms with Gasteiger partial charge < -0.3 is 20.7 Å². The second-order valence-corrected chi connectivity index (χ2v) is 7.44. The maximum absolute atomic E-state index is 11.2. The van der Waals surface area contributed by atoms with Crippen LogP contribution in [0, 0.1) is 5.92 Å². The maximum Gasteiger partial charge on any atom is 0.217 e. The Labute approximate surface area is 168 Å². The van der Waals surface area contributed by atoms with Crippen LogP contribution in [0.15, 0.2) is 4.99 Å². The van der Waals surface area contributed by atoms with Gasteiger partial charge in [0, 0.05) is 51.7 Å². The fraction of sp³-hybridized carbons (Fsp3) is 0.882. The number of likely N-dealkylation sites (tertiary alicyclic amines) is 1. The number of morpholine rings is 1. The summed E-state index contributed by atoms with van der Waals surface area (Å²) in [5, 5.41) is 3.53. The minimum absolute atomic E-state index is 0. The number of guanidine groups is 1. The number of piperidine rings is 1. The van der Waals surface area contributed by atoms with Gasteiger partial charge in [0.1, 0.15) is 0 Å². The van der Waals surface area contributed by atoms with E-state index in [-0.39, 0.29) is 35.4 Å². The molecule has 2 aliphatic heterocycles. The minimum Gasteiger partial charge on any atom is -0.379 e. The average Bonchev–Trinajstić information content (AvgIpc) is 2.56. The van der Waals surface area contributed by atoms with E-state index in [1.54, 1.807) is 0 Å². The van der Waals surface area contributed by atoms with Crippen LogP contribution in [0.3, 0.4) is 0 Å². The number of amides is 1. The molecule has 25 heavy (non-hydrogen) atoms. The van der Waals surface area contributed by atoms with Crippen LogP contribution in [0.2, 0.25) is 0 Å². The molecule has 2 saturated heterocycles.